The second-order valence-corrected chi connectivity index (χ2v) is 7.86. The molecule has 0 bridgehead atoms. The number of hydrogen-bond acceptors (Lipinski definition) is 3. The van der Waals surface area contributed by atoms with E-state index < -0.39 is 0 Å². The summed E-state index contributed by atoms with van der Waals surface area (Å²) in [4.78, 5) is 27.1. The number of likely N-dealkylation sites (tertiary alicyclic amines) is 1. The quantitative estimate of drug-likeness (QED) is 0.872. The van der Waals surface area contributed by atoms with Crippen LogP contribution < -0.4 is 5.32 Å². The minimum Gasteiger partial charge on any atom is -0.444 e. The van der Waals surface area contributed by atoms with E-state index in [1.54, 1.807) is 17.0 Å². The van der Waals surface area contributed by atoms with Gasteiger partial charge in [0.15, 0.2) is 10.4 Å². The Morgan fingerprint density at radius 2 is 2.04 bits per heavy atom. The first kappa shape index (κ1) is 16.6. The summed E-state index contributed by atoms with van der Waals surface area (Å²) in [5.74, 6) is 0.171. The Labute approximate surface area is 144 Å². The maximum absolute atomic E-state index is 12.7. The van der Waals surface area contributed by atoms with E-state index in [0.29, 0.717) is 23.5 Å². The van der Waals surface area contributed by atoms with Crippen LogP contribution in [0.2, 0.25) is 0 Å². The predicted octanol–water partition coefficient (Wildman–Crippen LogP) is 3.20. The number of furan rings is 1. The molecule has 0 radical (unpaired) electrons. The minimum atomic E-state index is -0.123. The van der Waals surface area contributed by atoms with Gasteiger partial charge in [-0.3, -0.25) is 9.59 Å². The maximum Gasteiger partial charge on any atom is 0.289 e. The van der Waals surface area contributed by atoms with Crippen molar-refractivity contribution in [1.82, 2.24) is 10.2 Å². The standard InChI is InChI=1S/C17H23BrN2O3/c1-11(2)19-15(21)12-9-20(10-17(12)7-3-4-8-17)16(22)13-5-6-14(18)23-13/h5-6,11-12H,3-4,7-10H2,1-2H3,(H,19,21). The van der Waals surface area contributed by atoms with Gasteiger partial charge in [0.1, 0.15) is 0 Å². The summed E-state index contributed by atoms with van der Waals surface area (Å²) in [6, 6.07) is 3.51. The molecule has 1 unspecified atom stereocenters. The zero-order valence-electron chi connectivity index (χ0n) is 13.6. The first-order chi connectivity index (χ1) is 10.9. The van der Waals surface area contributed by atoms with Crippen molar-refractivity contribution in [3.63, 3.8) is 0 Å². The van der Waals surface area contributed by atoms with Crippen molar-refractivity contribution in [2.45, 2.75) is 45.6 Å². The lowest BCUT2D eigenvalue weighted by Crippen LogP contribution is -2.42. The molecule has 1 saturated heterocycles. The van der Waals surface area contributed by atoms with Crippen LogP contribution in [0.1, 0.15) is 50.1 Å². The highest BCUT2D eigenvalue weighted by Crippen LogP contribution is 2.49. The number of nitrogens with zero attached hydrogens (tertiary/aromatic N) is 1. The number of hydrogen-bond donors (Lipinski definition) is 1. The Balaban J connectivity index is 1.80. The number of carbonyl (C=O) groups excluding carboxylic acids is 2. The fourth-order valence-corrected chi connectivity index (χ4v) is 4.35. The van der Waals surface area contributed by atoms with Gasteiger partial charge < -0.3 is 14.6 Å². The summed E-state index contributed by atoms with van der Waals surface area (Å²) in [5, 5.41) is 3.03. The lowest BCUT2D eigenvalue weighted by molar-refractivity contribution is -0.128. The van der Waals surface area contributed by atoms with E-state index in [1.807, 2.05) is 13.8 Å². The van der Waals surface area contributed by atoms with Crippen LogP contribution in [0.4, 0.5) is 0 Å². The first-order valence-corrected chi connectivity index (χ1v) is 9.05. The van der Waals surface area contributed by atoms with Crippen molar-refractivity contribution < 1.29 is 14.0 Å². The van der Waals surface area contributed by atoms with Gasteiger partial charge in [-0.25, -0.2) is 0 Å². The molecule has 1 spiro atoms. The molecule has 1 atom stereocenters. The molecule has 2 amide bonds. The molecule has 1 saturated carbocycles. The van der Waals surface area contributed by atoms with E-state index in [4.69, 9.17) is 4.42 Å². The zero-order valence-corrected chi connectivity index (χ0v) is 15.2. The highest BCUT2D eigenvalue weighted by Gasteiger charge is 2.52. The van der Waals surface area contributed by atoms with Gasteiger partial charge in [-0.15, -0.1) is 0 Å². The molecule has 0 aromatic carbocycles. The summed E-state index contributed by atoms with van der Waals surface area (Å²) < 4.78 is 5.94. The molecule has 6 heteroatoms. The largest absolute Gasteiger partial charge is 0.444 e. The van der Waals surface area contributed by atoms with Crippen molar-refractivity contribution >= 4 is 27.7 Å². The van der Waals surface area contributed by atoms with Crippen LogP contribution in [0.5, 0.6) is 0 Å². The van der Waals surface area contributed by atoms with Crippen molar-refractivity contribution in [2.24, 2.45) is 11.3 Å². The molecule has 3 rings (SSSR count). The molecule has 2 fully saturated rings. The molecule has 2 aliphatic rings. The Morgan fingerprint density at radius 3 is 2.61 bits per heavy atom. The molecule has 1 aliphatic carbocycles. The van der Waals surface area contributed by atoms with Gasteiger partial charge in [0.25, 0.3) is 5.91 Å². The molecule has 126 valence electrons. The van der Waals surface area contributed by atoms with Crippen LogP contribution >= 0.6 is 15.9 Å². The Bertz CT molecular complexity index is 605. The van der Waals surface area contributed by atoms with E-state index in [1.165, 1.54) is 0 Å². The molecule has 5 nitrogen and oxygen atoms in total. The van der Waals surface area contributed by atoms with Gasteiger partial charge >= 0.3 is 0 Å². The van der Waals surface area contributed by atoms with Gasteiger partial charge in [0.05, 0.1) is 5.92 Å². The predicted molar refractivity (Wildman–Crippen MR) is 90.0 cm³/mol. The Kier molecular flexibility index (Phi) is 4.54. The fourth-order valence-electron chi connectivity index (χ4n) is 4.04. The summed E-state index contributed by atoms with van der Waals surface area (Å²) >= 11 is 3.23. The van der Waals surface area contributed by atoms with Crippen molar-refractivity contribution in [1.29, 1.82) is 0 Å². The lowest BCUT2D eigenvalue weighted by atomic mass is 9.76. The number of carbonyl (C=O) groups is 2. The average Bonchev–Trinajstić information content (AvgIpc) is 3.19. The van der Waals surface area contributed by atoms with E-state index in [-0.39, 0.29) is 29.2 Å². The molecule has 1 N–H and O–H groups in total. The van der Waals surface area contributed by atoms with E-state index in [2.05, 4.69) is 21.2 Å². The SMILES string of the molecule is CC(C)NC(=O)C1CN(C(=O)c2ccc(Br)o2)CC12CCCC2. The van der Waals surface area contributed by atoms with Crippen LogP contribution in [-0.4, -0.2) is 35.8 Å². The summed E-state index contributed by atoms with van der Waals surface area (Å²) in [7, 11) is 0. The summed E-state index contributed by atoms with van der Waals surface area (Å²) in [6.45, 7) is 5.07. The second-order valence-electron chi connectivity index (χ2n) is 7.07. The molecule has 1 aromatic heterocycles. The van der Waals surface area contributed by atoms with E-state index in [9.17, 15) is 9.59 Å². The van der Waals surface area contributed by atoms with Crippen molar-refractivity contribution in [3.8, 4) is 0 Å². The third-order valence-corrected chi connectivity index (χ3v) is 5.49. The average molecular weight is 383 g/mol. The molecule has 1 aromatic rings. The van der Waals surface area contributed by atoms with Crippen molar-refractivity contribution in [3.05, 3.63) is 22.6 Å². The summed E-state index contributed by atoms with van der Waals surface area (Å²) in [6.07, 6.45) is 4.32. The topological polar surface area (TPSA) is 62.6 Å². The lowest BCUT2D eigenvalue weighted by Gasteiger charge is -2.29. The normalized spacial score (nSPS) is 23.0. The third-order valence-electron chi connectivity index (χ3n) is 5.07. The Morgan fingerprint density at radius 1 is 1.35 bits per heavy atom. The van der Waals surface area contributed by atoms with Gasteiger partial charge in [-0.1, -0.05) is 12.8 Å². The van der Waals surface area contributed by atoms with E-state index in [0.717, 1.165) is 25.7 Å². The molecule has 23 heavy (non-hydrogen) atoms. The monoisotopic (exact) mass is 382 g/mol. The highest BCUT2D eigenvalue weighted by molar-refractivity contribution is 9.10. The van der Waals surface area contributed by atoms with Crippen LogP contribution in [-0.2, 0) is 4.79 Å². The molecular weight excluding hydrogens is 360 g/mol. The van der Waals surface area contributed by atoms with Crippen LogP contribution in [0, 0.1) is 11.3 Å². The number of amides is 2. The second kappa shape index (κ2) is 6.30. The van der Waals surface area contributed by atoms with Gasteiger partial charge in [0.2, 0.25) is 5.91 Å². The maximum atomic E-state index is 12.7. The number of halogens is 1. The Hall–Kier alpha value is -1.30. The zero-order chi connectivity index (χ0) is 16.6. The van der Waals surface area contributed by atoms with Crippen LogP contribution in [0.3, 0.4) is 0 Å². The molecule has 2 heterocycles. The fraction of sp³-hybridized carbons (Fsp3) is 0.647. The smallest absolute Gasteiger partial charge is 0.289 e. The third kappa shape index (κ3) is 3.18. The van der Waals surface area contributed by atoms with Gasteiger partial charge in [0, 0.05) is 24.5 Å². The van der Waals surface area contributed by atoms with Gasteiger partial charge in [-0.2, -0.15) is 0 Å². The first-order valence-electron chi connectivity index (χ1n) is 8.26. The van der Waals surface area contributed by atoms with Crippen LogP contribution in [0.25, 0.3) is 0 Å². The van der Waals surface area contributed by atoms with E-state index >= 15 is 0 Å². The van der Waals surface area contributed by atoms with Crippen molar-refractivity contribution in [2.75, 3.05) is 13.1 Å². The minimum absolute atomic E-state index is 0.0571. The number of rotatable bonds is 3. The molecular formula is C17H23BrN2O3. The summed E-state index contributed by atoms with van der Waals surface area (Å²) in [5.41, 5.74) is -0.0571. The van der Waals surface area contributed by atoms with Gasteiger partial charge in [-0.05, 0) is 54.8 Å². The molecule has 1 aliphatic heterocycles. The number of nitrogens with one attached hydrogen (secondary N) is 1. The van der Waals surface area contributed by atoms with Crippen LogP contribution in [0.15, 0.2) is 21.2 Å². The highest BCUT2D eigenvalue weighted by atomic mass is 79.9.